The Kier molecular flexibility index (Phi) is 15.0. The van der Waals surface area contributed by atoms with Gasteiger partial charge in [-0.25, -0.2) is 9.78 Å². The third-order valence-corrected chi connectivity index (χ3v) is 7.36. The Bertz CT molecular complexity index is 1680. The number of hydrogen-bond acceptors (Lipinski definition) is 8. The normalized spacial score (nSPS) is 14.6. The number of pyridine rings is 2. The van der Waals surface area contributed by atoms with E-state index in [1.807, 2.05) is 91.8 Å². The second kappa shape index (κ2) is 18.1. The first-order valence-corrected chi connectivity index (χ1v) is 16.1. The molecule has 9 nitrogen and oxygen atoms in total. The average Bonchev–Trinajstić information content (AvgIpc) is 3.43. The van der Waals surface area contributed by atoms with Crippen LogP contribution in [0, 0.1) is 0 Å². The van der Waals surface area contributed by atoms with Gasteiger partial charge in [-0.15, -0.1) is 0 Å². The molecule has 2 aromatic heterocycles. The van der Waals surface area contributed by atoms with Gasteiger partial charge < -0.3 is 23.9 Å². The first kappa shape index (κ1) is 38.8. The fraction of sp³-hybridized carbons (Fsp3) is 0.421. The van der Waals surface area contributed by atoms with Gasteiger partial charge in [-0.2, -0.15) is 0 Å². The molecular formula is C38H50N2O7. The van der Waals surface area contributed by atoms with Crippen LogP contribution in [0.4, 0.5) is 0 Å². The summed E-state index contributed by atoms with van der Waals surface area (Å²) in [6.45, 7) is 19.9. The number of allylic oxidation sites excluding steroid dienone is 4. The number of aryl methyl sites for hydroxylation is 1. The average molecular weight is 647 g/mol. The third-order valence-electron chi connectivity index (χ3n) is 7.36. The highest BCUT2D eigenvalue weighted by molar-refractivity contribution is 5.89. The largest absolute Gasteiger partial charge is 0.489 e. The van der Waals surface area contributed by atoms with Crippen molar-refractivity contribution in [1.82, 2.24) is 9.55 Å². The SMILES string of the molecule is C=C/C=C/C.CC.CC/C=C(/C=O)COc1ccc2nc3c(c(CC)c2c1)Cn1c-3cc2c(c1=O)COC(=O)C2O.COC(C)(C)C. The van der Waals surface area contributed by atoms with Crippen LogP contribution < -0.4 is 10.3 Å². The summed E-state index contributed by atoms with van der Waals surface area (Å²) in [5, 5.41) is 11.2. The summed E-state index contributed by atoms with van der Waals surface area (Å²) < 4.78 is 17.4. The van der Waals surface area contributed by atoms with Gasteiger partial charge >= 0.3 is 5.97 Å². The van der Waals surface area contributed by atoms with Crippen molar-refractivity contribution >= 4 is 23.2 Å². The highest BCUT2D eigenvalue weighted by Gasteiger charge is 2.34. The maximum absolute atomic E-state index is 13.2. The molecule has 0 bridgehead atoms. The number of cyclic esters (lactones) is 1. The molecule has 0 amide bonds. The van der Waals surface area contributed by atoms with Gasteiger partial charge in [-0.05, 0) is 70.4 Å². The van der Waals surface area contributed by atoms with Gasteiger partial charge in [0.15, 0.2) is 6.10 Å². The van der Waals surface area contributed by atoms with Crippen molar-refractivity contribution < 1.29 is 28.9 Å². The first-order chi connectivity index (χ1) is 22.4. The fourth-order valence-corrected chi connectivity index (χ4v) is 4.89. The third kappa shape index (κ3) is 9.59. The van der Waals surface area contributed by atoms with E-state index < -0.39 is 12.1 Å². The Morgan fingerprint density at radius 2 is 1.85 bits per heavy atom. The van der Waals surface area contributed by atoms with E-state index in [0.29, 0.717) is 41.2 Å². The number of esters is 1. The molecular weight excluding hydrogens is 596 g/mol. The van der Waals surface area contributed by atoms with Crippen LogP contribution in [0.3, 0.4) is 0 Å². The first-order valence-electron chi connectivity index (χ1n) is 16.1. The van der Waals surface area contributed by atoms with Gasteiger partial charge in [-0.3, -0.25) is 9.59 Å². The highest BCUT2D eigenvalue weighted by Crippen LogP contribution is 2.38. The number of methoxy groups -OCH3 is 1. The van der Waals surface area contributed by atoms with Crippen molar-refractivity contribution in [3.05, 3.63) is 93.3 Å². The molecule has 0 radical (unpaired) electrons. The number of hydrogen-bond donors (Lipinski definition) is 1. The van der Waals surface area contributed by atoms with Crippen LogP contribution in [0.1, 0.15) is 90.2 Å². The molecule has 1 atom stereocenters. The zero-order valence-electron chi connectivity index (χ0n) is 29.3. The minimum Gasteiger partial charge on any atom is -0.489 e. The topological polar surface area (TPSA) is 117 Å². The summed E-state index contributed by atoms with van der Waals surface area (Å²) in [6, 6.07) is 7.27. The lowest BCUT2D eigenvalue weighted by atomic mass is 9.97. The lowest BCUT2D eigenvalue weighted by molar-refractivity contribution is -0.157. The lowest BCUT2D eigenvalue weighted by Gasteiger charge is -2.21. The smallest absolute Gasteiger partial charge is 0.340 e. The molecule has 0 saturated carbocycles. The van der Waals surface area contributed by atoms with Crippen molar-refractivity contribution in [3.8, 4) is 17.1 Å². The Morgan fingerprint density at radius 3 is 2.38 bits per heavy atom. The summed E-state index contributed by atoms with van der Waals surface area (Å²) in [6.07, 6.45) is 8.21. The molecule has 0 spiro atoms. The predicted molar refractivity (Wildman–Crippen MR) is 188 cm³/mol. The summed E-state index contributed by atoms with van der Waals surface area (Å²) >= 11 is 0. The Labute approximate surface area is 278 Å². The van der Waals surface area contributed by atoms with Gasteiger partial charge in [0.05, 0.1) is 34.6 Å². The molecule has 0 fully saturated rings. The molecule has 4 heterocycles. The Hall–Kier alpha value is -4.34. The predicted octanol–water partition coefficient (Wildman–Crippen LogP) is 7.20. The second-order valence-electron chi connectivity index (χ2n) is 11.5. The Morgan fingerprint density at radius 1 is 1.17 bits per heavy atom. The van der Waals surface area contributed by atoms with Crippen molar-refractivity contribution in [1.29, 1.82) is 0 Å². The summed E-state index contributed by atoms with van der Waals surface area (Å²) in [7, 11) is 1.71. The van der Waals surface area contributed by atoms with Gasteiger partial charge in [0.2, 0.25) is 0 Å². The van der Waals surface area contributed by atoms with Gasteiger partial charge in [0.25, 0.3) is 5.56 Å². The summed E-state index contributed by atoms with van der Waals surface area (Å²) in [5.41, 5.74) is 4.95. The van der Waals surface area contributed by atoms with Crippen molar-refractivity contribution in [2.45, 2.75) is 93.1 Å². The van der Waals surface area contributed by atoms with Crippen LogP contribution in [0.25, 0.3) is 22.3 Å². The summed E-state index contributed by atoms with van der Waals surface area (Å²) in [4.78, 5) is 41.1. The van der Waals surface area contributed by atoms with E-state index in [-0.39, 0.29) is 29.9 Å². The van der Waals surface area contributed by atoms with E-state index in [4.69, 9.17) is 19.2 Å². The van der Waals surface area contributed by atoms with Crippen LogP contribution in [-0.2, 0) is 38.6 Å². The maximum Gasteiger partial charge on any atom is 0.340 e. The number of rotatable bonds is 7. The van der Waals surface area contributed by atoms with Crippen molar-refractivity contribution in [3.63, 3.8) is 0 Å². The van der Waals surface area contributed by atoms with Crippen LogP contribution in [0.5, 0.6) is 5.75 Å². The minimum absolute atomic E-state index is 0.0417. The molecule has 254 valence electrons. The van der Waals surface area contributed by atoms with Crippen LogP contribution in [-0.4, -0.2) is 46.2 Å². The quantitative estimate of drug-likeness (QED) is 0.0970. The molecule has 3 aromatic rings. The lowest BCUT2D eigenvalue weighted by Crippen LogP contribution is -2.32. The van der Waals surface area contributed by atoms with E-state index in [2.05, 4.69) is 6.58 Å². The van der Waals surface area contributed by atoms with E-state index in [0.717, 1.165) is 34.7 Å². The van der Waals surface area contributed by atoms with Crippen molar-refractivity contribution in [2.75, 3.05) is 13.7 Å². The molecule has 2 aliphatic rings. The monoisotopic (exact) mass is 646 g/mol. The number of aromatic nitrogens is 2. The molecule has 9 heteroatoms. The maximum atomic E-state index is 13.2. The Balaban J connectivity index is 0.000000506. The van der Waals surface area contributed by atoms with E-state index >= 15 is 0 Å². The molecule has 1 N–H and O–H groups in total. The van der Waals surface area contributed by atoms with Gasteiger partial charge in [-0.1, -0.05) is 58.6 Å². The minimum atomic E-state index is -1.48. The van der Waals surface area contributed by atoms with Gasteiger partial charge in [0.1, 0.15) is 25.2 Å². The van der Waals surface area contributed by atoms with Crippen LogP contribution in [0.15, 0.2) is 65.5 Å². The zero-order valence-corrected chi connectivity index (χ0v) is 29.3. The molecule has 1 unspecified atom stereocenters. The number of nitrogens with zero attached hydrogens (tertiary/aromatic N) is 2. The molecule has 0 saturated heterocycles. The second-order valence-corrected chi connectivity index (χ2v) is 11.5. The van der Waals surface area contributed by atoms with E-state index in [1.54, 1.807) is 23.8 Å². The number of carbonyl (C=O) groups excluding carboxylic acids is 2. The molecule has 5 rings (SSSR count). The van der Waals surface area contributed by atoms with Crippen LogP contribution >= 0.6 is 0 Å². The number of aldehydes is 1. The van der Waals surface area contributed by atoms with E-state index in [9.17, 15) is 19.5 Å². The summed E-state index contributed by atoms with van der Waals surface area (Å²) in [5.74, 6) is -0.121. The fourth-order valence-electron chi connectivity index (χ4n) is 4.89. The van der Waals surface area contributed by atoms with Crippen molar-refractivity contribution in [2.24, 2.45) is 0 Å². The molecule has 47 heavy (non-hydrogen) atoms. The molecule has 1 aromatic carbocycles. The number of aliphatic hydroxyl groups is 1. The number of ether oxygens (including phenoxy) is 3. The number of aliphatic hydroxyl groups excluding tert-OH is 1. The zero-order chi connectivity index (χ0) is 35.3. The number of fused-ring (bicyclic) bond motifs is 5. The standard InChI is InChI=1S/C26H24N2O6.C5H12O.C5H8.C2H6/c1-3-5-14(11-29)12-33-15-6-7-21-17(8-15)16(4-2)19-10-28-22(23(19)27-21)9-18-20(25(28)31)13-34-26(32)24(18)30;1-5(2,3)6-4;1-3-5-4-2;1-2/h5-9,11,24,30H,3-4,10,12-13H2,1-2H3;1-4H3;3-5H,1H2,2H3;1-2H3/b14-5-;;5-4+;. The highest BCUT2D eigenvalue weighted by atomic mass is 16.5. The number of benzene rings is 1. The number of carbonyl (C=O) groups is 2. The molecule has 0 aliphatic carbocycles. The van der Waals surface area contributed by atoms with Crippen LogP contribution in [0.2, 0.25) is 0 Å². The van der Waals surface area contributed by atoms with Gasteiger partial charge in [0, 0.05) is 29.2 Å². The molecule has 2 aliphatic heterocycles. The van der Waals surface area contributed by atoms with E-state index in [1.165, 1.54) is 0 Å².